The maximum absolute atomic E-state index is 12.6. The molecule has 21 heavy (non-hydrogen) atoms. The maximum Gasteiger partial charge on any atom is 0.308 e. The minimum absolute atomic E-state index is 0.120. The van der Waals surface area contributed by atoms with Crippen molar-refractivity contribution in [2.45, 2.75) is 33.2 Å². The van der Waals surface area contributed by atoms with E-state index in [9.17, 15) is 14.7 Å². The molecule has 0 saturated carbocycles. The highest BCUT2D eigenvalue weighted by molar-refractivity contribution is 6.31. The van der Waals surface area contributed by atoms with Crippen LogP contribution in [0.1, 0.15) is 49.2 Å². The number of carbonyl (C=O) groups excluding carboxylic acids is 1. The number of hydrogen-bond acceptors (Lipinski definition) is 2. The molecule has 1 heterocycles. The van der Waals surface area contributed by atoms with Crippen molar-refractivity contribution >= 4 is 23.5 Å². The molecule has 0 saturated heterocycles. The van der Waals surface area contributed by atoms with E-state index in [-0.39, 0.29) is 11.8 Å². The van der Waals surface area contributed by atoms with Crippen LogP contribution in [-0.4, -0.2) is 28.4 Å². The molecule has 2 unspecified atom stereocenters. The molecule has 0 fully saturated rings. The van der Waals surface area contributed by atoms with Gasteiger partial charge in [0.2, 0.25) is 0 Å². The first-order valence-electron chi connectivity index (χ1n) is 7.20. The SMILES string of the molecule is CCC(C(=O)O)C1c2ccc(Cl)cc2C(=O)N1CC(C)C. The van der Waals surface area contributed by atoms with E-state index in [0.29, 0.717) is 23.6 Å². The van der Waals surface area contributed by atoms with E-state index >= 15 is 0 Å². The Morgan fingerprint density at radius 2 is 2.10 bits per heavy atom. The summed E-state index contributed by atoms with van der Waals surface area (Å²) in [4.78, 5) is 25.9. The molecule has 1 aromatic carbocycles. The summed E-state index contributed by atoms with van der Waals surface area (Å²) in [5.41, 5.74) is 1.31. The average Bonchev–Trinajstić information content (AvgIpc) is 2.64. The summed E-state index contributed by atoms with van der Waals surface area (Å²) in [7, 11) is 0. The van der Waals surface area contributed by atoms with Crippen LogP contribution in [0, 0.1) is 11.8 Å². The first-order valence-corrected chi connectivity index (χ1v) is 7.57. The number of aliphatic carboxylic acids is 1. The van der Waals surface area contributed by atoms with Crippen LogP contribution in [0.4, 0.5) is 0 Å². The van der Waals surface area contributed by atoms with Gasteiger partial charge in [-0.1, -0.05) is 38.4 Å². The Balaban J connectivity index is 2.51. The number of nitrogens with zero attached hydrogens (tertiary/aromatic N) is 1. The zero-order valence-electron chi connectivity index (χ0n) is 12.5. The van der Waals surface area contributed by atoms with Gasteiger partial charge in [0.25, 0.3) is 5.91 Å². The van der Waals surface area contributed by atoms with Gasteiger partial charge in [0.1, 0.15) is 0 Å². The molecule has 0 radical (unpaired) electrons. The Kier molecular flexibility index (Phi) is 4.57. The summed E-state index contributed by atoms with van der Waals surface area (Å²) >= 11 is 5.98. The lowest BCUT2D eigenvalue weighted by molar-refractivity contribution is -0.144. The number of carboxylic acid groups (broad SMARTS) is 1. The second kappa shape index (κ2) is 6.06. The second-order valence-electron chi connectivity index (χ2n) is 5.88. The number of halogens is 1. The van der Waals surface area contributed by atoms with Crippen LogP contribution >= 0.6 is 11.6 Å². The van der Waals surface area contributed by atoms with Crippen molar-refractivity contribution in [1.82, 2.24) is 4.90 Å². The van der Waals surface area contributed by atoms with Crippen LogP contribution in [0.5, 0.6) is 0 Å². The molecule has 0 bridgehead atoms. The van der Waals surface area contributed by atoms with Crippen LogP contribution < -0.4 is 0 Å². The van der Waals surface area contributed by atoms with E-state index < -0.39 is 17.9 Å². The van der Waals surface area contributed by atoms with Crippen molar-refractivity contribution in [1.29, 1.82) is 0 Å². The van der Waals surface area contributed by atoms with E-state index in [4.69, 9.17) is 11.6 Å². The van der Waals surface area contributed by atoms with Gasteiger partial charge in [0.05, 0.1) is 12.0 Å². The largest absolute Gasteiger partial charge is 0.481 e. The average molecular weight is 310 g/mol. The Hall–Kier alpha value is -1.55. The molecule has 1 N–H and O–H groups in total. The molecule has 4 nitrogen and oxygen atoms in total. The second-order valence-corrected chi connectivity index (χ2v) is 6.32. The third-order valence-electron chi connectivity index (χ3n) is 3.86. The number of amides is 1. The van der Waals surface area contributed by atoms with Gasteiger partial charge in [-0.2, -0.15) is 0 Å². The van der Waals surface area contributed by atoms with E-state index in [2.05, 4.69) is 0 Å². The van der Waals surface area contributed by atoms with Crippen molar-refractivity contribution in [3.8, 4) is 0 Å². The highest BCUT2D eigenvalue weighted by atomic mass is 35.5. The molecule has 0 aromatic heterocycles. The number of hydrogen-bond donors (Lipinski definition) is 1. The van der Waals surface area contributed by atoms with Crippen LogP contribution in [0.15, 0.2) is 18.2 Å². The van der Waals surface area contributed by atoms with E-state index in [1.165, 1.54) is 0 Å². The lowest BCUT2D eigenvalue weighted by atomic mass is 9.90. The normalized spacial score (nSPS) is 19.0. The van der Waals surface area contributed by atoms with Crippen molar-refractivity contribution in [3.05, 3.63) is 34.3 Å². The first kappa shape index (κ1) is 15.8. The van der Waals surface area contributed by atoms with Gasteiger partial charge < -0.3 is 10.0 Å². The van der Waals surface area contributed by atoms with Crippen molar-refractivity contribution in [2.24, 2.45) is 11.8 Å². The Bertz CT molecular complexity index is 571. The van der Waals surface area contributed by atoms with E-state index in [1.807, 2.05) is 20.8 Å². The zero-order valence-corrected chi connectivity index (χ0v) is 13.2. The van der Waals surface area contributed by atoms with Crippen molar-refractivity contribution < 1.29 is 14.7 Å². The molecule has 1 aromatic rings. The number of carbonyl (C=O) groups is 2. The predicted molar refractivity (Wildman–Crippen MR) is 81.5 cm³/mol. The van der Waals surface area contributed by atoms with Gasteiger partial charge in [-0.15, -0.1) is 0 Å². The maximum atomic E-state index is 12.6. The number of benzene rings is 1. The molecule has 0 spiro atoms. The highest BCUT2D eigenvalue weighted by Gasteiger charge is 2.43. The van der Waals surface area contributed by atoms with Gasteiger partial charge in [0, 0.05) is 17.1 Å². The molecule has 1 aliphatic rings. The number of carboxylic acids is 1. The first-order chi connectivity index (χ1) is 9.86. The lowest BCUT2D eigenvalue weighted by Gasteiger charge is -2.30. The molecule has 1 amide bonds. The highest BCUT2D eigenvalue weighted by Crippen LogP contribution is 2.41. The van der Waals surface area contributed by atoms with Crippen LogP contribution in [0.2, 0.25) is 5.02 Å². The molecular weight excluding hydrogens is 290 g/mol. The molecule has 5 heteroatoms. The lowest BCUT2D eigenvalue weighted by Crippen LogP contribution is -2.37. The van der Waals surface area contributed by atoms with Gasteiger partial charge in [-0.25, -0.2) is 0 Å². The smallest absolute Gasteiger partial charge is 0.308 e. The van der Waals surface area contributed by atoms with Crippen molar-refractivity contribution in [2.75, 3.05) is 6.54 Å². The predicted octanol–water partition coefficient (Wildman–Crippen LogP) is 3.60. The van der Waals surface area contributed by atoms with Crippen molar-refractivity contribution in [3.63, 3.8) is 0 Å². The fourth-order valence-corrected chi connectivity index (χ4v) is 3.15. The molecule has 2 rings (SSSR count). The van der Waals surface area contributed by atoms with Crippen LogP contribution in [-0.2, 0) is 4.79 Å². The summed E-state index contributed by atoms with van der Waals surface area (Å²) in [6, 6.07) is 4.73. The third-order valence-corrected chi connectivity index (χ3v) is 4.10. The minimum Gasteiger partial charge on any atom is -0.481 e. The summed E-state index contributed by atoms with van der Waals surface area (Å²) in [6.45, 7) is 6.41. The summed E-state index contributed by atoms with van der Waals surface area (Å²) in [5.74, 6) is -1.32. The zero-order chi connectivity index (χ0) is 15.7. The summed E-state index contributed by atoms with van der Waals surface area (Å²) in [5, 5.41) is 9.98. The van der Waals surface area contributed by atoms with Gasteiger partial charge in [0.15, 0.2) is 0 Å². The topological polar surface area (TPSA) is 57.6 Å². The third kappa shape index (κ3) is 2.91. The monoisotopic (exact) mass is 309 g/mol. The molecule has 0 aliphatic carbocycles. The fraction of sp³-hybridized carbons (Fsp3) is 0.500. The molecular formula is C16H20ClNO3. The Morgan fingerprint density at radius 1 is 1.43 bits per heavy atom. The van der Waals surface area contributed by atoms with E-state index in [0.717, 1.165) is 5.56 Å². The Labute approximate surface area is 129 Å². The standard InChI is InChI=1S/C16H20ClNO3/c1-4-11(16(20)21)14-12-6-5-10(17)7-13(12)15(19)18(14)8-9(2)3/h5-7,9,11,14H,4,8H2,1-3H3,(H,20,21). The number of fused-ring (bicyclic) bond motifs is 1. The van der Waals surface area contributed by atoms with Gasteiger partial charge in [-0.05, 0) is 30.0 Å². The van der Waals surface area contributed by atoms with Gasteiger partial charge >= 0.3 is 5.97 Å². The fourth-order valence-electron chi connectivity index (χ4n) is 2.98. The van der Waals surface area contributed by atoms with Gasteiger partial charge in [-0.3, -0.25) is 9.59 Å². The molecule has 2 atom stereocenters. The quantitative estimate of drug-likeness (QED) is 0.904. The van der Waals surface area contributed by atoms with Crippen LogP contribution in [0.25, 0.3) is 0 Å². The summed E-state index contributed by atoms with van der Waals surface area (Å²) < 4.78 is 0. The molecule has 114 valence electrons. The van der Waals surface area contributed by atoms with E-state index in [1.54, 1.807) is 23.1 Å². The summed E-state index contributed by atoms with van der Waals surface area (Å²) in [6.07, 6.45) is 0.476. The number of rotatable bonds is 5. The minimum atomic E-state index is -0.869. The molecule has 1 aliphatic heterocycles. The van der Waals surface area contributed by atoms with Crippen LogP contribution in [0.3, 0.4) is 0 Å². The Morgan fingerprint density at radius 3 is 2.62 bits per heavy atom.